The molecule has 0 saturated heterocycles. The predicted octanol–water partition coefficient (Wildman–Crippen LogP) is 2.21. The lowest BCUT2D eigenvalue weighted by Gasteiger charge is -2.05. The molecule has 1 heterocycles. The smallest absolute Gasteiger partial charge is 0.303 e. The molecule has 0 aliphatic heterocycles. The van der Waals surface area contributed by atoms with Crippen molar-refractivity contribution in [1.82, 2.24) is 0 Å². The van der Waals surface area contributed by atoms with Crippen LogP contribution in [0.5, 0.6) is 5.75 Å². The summed E-state index contributed by atoms with van der Waals surface area (Å²) < 4.78 is 10.8. The second kappa shape index (κ2) is 5.56. The van der Waals surface area contributed by atoms with Crippen LogP contribution >= 0.6 is 0 Å². The van der Waals surface area contributed by atoms with Crippen molar-refractivity contribution >= 4 is 16.9 Å². The van der Waals surface area contributed by atoms with Gasteiger partial charge < -0.3 is 14.3 Å². The zero-order chi connectivity index (χ0) is 13.8. The first-order valence-corrected chi connectivity index (χ1v) is 6.01. The minimum atomic E-state index is -0.922. The van der Waals surface area contributed by atoms with Crippen molar-refractivity contribution in [2.75, 3.05) is 6.61 Å². The summed E-state index contributed by atoms with van der Waals surface area (Å²) in [5.74, 6) is 0.0686. The van der Waals surface area contributed by atoms with Gasteiger partial charge in [-0.1, -0.05) is 0 Å². The Morgan fingerprint density at radius 2 is 2.16 bits per heavy atom. The summed E-state index contributed by atoms with van der Waals surface area (Å²) in [5.41, 5.74) is 0.250. The van der Waals surface area contributed by atoms with Crippen molar-refractivity contribution in [3.63, 3.8) is 0 Å². The van der Waals surface area contributed by atoms with Crippen molar-refractivity contribution in [2.24, 2.45) is 0 Å². The number of carboxylic acids is 1. The van der Waals surface area contributed by atoms with Crippen molar-refractivity contribution in [1.29, 1.82) is 0 Å². The van der Waals surface area contributed by atoms with Gasteiger partial charge in [0.15, 0.2) is 5.43 Å². The SMILES string of the molecule is CCOc1ccc2oc(CCC(=O)O)cc(=O)c2c1. The highest BCUT2D eigenvalue weighted by molar-refractivity contribution is 5.78. The molecule has 0 radical (unpaired) electrons. The minimum Gasteiger partial charge on any atom is -0.494 e. The molecule has 0 saturated carbocycles. The first-order valence-electron chi connectivity index (χ1n) is 6.01. The molecule has 0 atom stereocenters. The third kappa shape index (κ3) is 3.13. The molecule has 0 aliphatic rings. The van der Waals surface area contributed by atoms with Crippen LogP contribution in [0, 0.1) is 0 Å². The fourth-order valence-electron chi connectivity index (χ4n) is 1.80. The normalized spacial score (nSPS) is 10.6. The van der Waals surface area contributed by atoms with Crippen LogP contribution in [0.15, 0.2) is 33.5 Å². The van der Waals surface area contributed by atoms with Gasteiger partial charge in [-0.3, -0.25) is 9.59 Å². The summed E-state index contributed by atoms with van der Waals surface area (Å²) in [6.07, 6.45) is 0.138. The Balaban J connectivity index is 2.38. The maximum atomic E-state index is 11.9. The van der Waals surface area contributed by atoms with Crippen molar-refractivity contribution < 1.29 is 19.1 Å². The summed E-state index contributed by atoms with van der Waals surface area (Å²) in [4.78, 5) is 22.4. The van der Waals surface area contributed by atoms with Crippen molar-refractivity contribution in [3.8, 4) is 5.75 Å². The quantitative estimate of drug-likeness (QED) is 0.893. The molecule has 0 aliphatic carbocycles. The summed E-state index contributed by atoms with van der Waals surface area (Å²) >= 11 is 0. The molecule has 0 spiro atoms. The molecule has 19 heavy (non-hydrogen) atoms. The molecule has 100 valence electrons. The van der Waals surface area contributed by atoms with E-state index in [-0.39, 0.29) is 18.3 Å². The highest BCUT2D eigenvalue weighted by Crippen LogP contribution is 2.19. The van der Waals surface area contributed by atoms with E-state index in [1.165, 1.54) is 6.07 Å². The molecule has 0 bridgehead atoms. The van der Waals surface area contributed by atoms with E-state index in [0.29, 0.717) is 29.1 Å². The zero-order valence-corrected chi connectivity index (χ0v) is 10.5. The monoisotopic (exact) mass is 262 g/mol. The Labute approximate surface area is 109 Å². The summed E-state index contributed by atoms with van der Waals surface area (Å²) in [7, 11) is 0. The van der Waals surface area contributed by atoms with Crippen molar-refractivity contribution in [3.05, 3.63) is 40.2 Å². The van der Waals surface area contributed by atoms with Crippen LogP contribution in [0.3, 0.4) is 0 Å². The van der Waals surface area contributed by atoms with Crippen LogP contribution in [-0.4, -0.2) is 17.7 Å². The Hall–Kier alpha value is -2.30. The maximum Gasteiger partial charge on any atom is 0.303 e. The number of benzene rings is 1. The lowest BCUT2D eigenvalue weighted by atomic mass is 10.2. The number of ether oxygens (including phenoxy) is 1. The molecular formula is C14H14O5. The van der Waals surface area contributed by atoms with Gasteiger partial charge in [-0.05, 0) is 25.1 Å². The van der Waals surface area contributed by atoms with E-state index in [1.54, 1.807) is 18.2 Å². The Morgan fingerprint density at radius 1 is 1.37 bits per heavy atom. The number of rotatable bonds is 5. The van der Waals surface area contributed by atoms with Crippen molar-refractivity contribution in [2.45, 2.75) is 19.8 Å². The Morgan fingerprint density at radius 3 is 2.84 bits per heavy atom. The number of carbonyl (C=O) groups is 1. The second-order valence-electron chi connectivity index (χ2n) is 4.06. The van der Waals surface area contributed by atoms with Gasteiger partial charge in [-0.2, -0.15) is 0 Å². The molecule has 0 amide bonds. The first kappa shape index (κ1) is 13.1. The molecular weight excluding hydrogens is 248 g/mol. The number of aliphatic carboxylic acids is 1. The Kier molecular flexibility index (Phi) is 3.85. The fraction of sp³-hybridized carbons (Fsp3) is 0.286. The van der Waals surface area contributed by atoms with Crippen LogP contribution in [0.2, 0.25) is 0 Å². The standard InChI is InChI=1S/C14H14O5/c1-2-18-9-3-5-13-11(7-9)12(15)8-10(19-13)4-6-14(16)17/h3,5,7-8H,2,4,6H2,1H3,(H,16,17). The van der Waals surface area contributed by atoms with Gasteiger partial charge in [0.25, 0.3) is 0 Å². The third-order valence-corrected chi connectivity index (χ3v) is 2.65. The number of fused-ring (bicyclic) bond motifs is 1. The third-order valence-electron chi connectivity index (χ3n) is 2.65. The number of hydrogen-bond donors (Lipinski definition) is 1. The molecule has 1 aromatic carbocycles. The lowest BCUT2D eigenvalue weighted by Crippen LogP contribution is -2.05. The lowest BCUT2D eigenvalue weighted by molar-refractivity contribution is -0.137. The fourth-order valence-corrected chi connectivity index (χ4v) is 1.80. The van der Waals surface area contributed by atoms with E-state index < -0.39 is 5.97 Å². The molecule has 2 aromatic rings. The van der Waals surface area contributed by atoms with Crippen LogP contribution in [0.4, 0.5) is 0 Å². The van der Waals surface area contributed by atoms with E-state index in [1.807, 2.05) is 6.92 Å². The minimum absolute atomic E-state index is 0.0640. The van der Waals surface area contributed by atoms with Gasteiger partial charge in [0.1, 0.15) is 17.1 Å². The van der Waals surface area contributed by atoms with Crippen LogP contribution in [0.25, 0.3) is 11.0 Å². The van der Waals surface area contributed by atoms with Crippen LogP contribution in [-0.2, 0) is 11.2 Å². The molecule has 0 fully saturated rings. The van der Waals surface area contributed by atoms with Crippen LogP contribution in [0.1, 0.15) is 19.1 Å². The van der Waals surface area contributed by atoms with Crippen LogP contribution < -0.4 is 10.2 Å². The van der Waals surface area contributed by atoms with Gasteiger partial charge >= 0.3 is 5.97 Å². The molecule has 0 unspecified atom stereocenters. The molecule has 5 heteroatoms. The highest BCUT2D eigenvalue weighted by atomic mass is 16.5. The predicted molar refractivity (Wildman–Crippen MR) is 69.6 cm³/mol. The van der Waals surface area contributed by atoms with E-state index in [0.717, 1.165) is 0 Å². The summed E-state index contributed by atoms with van der Waals surface area (Å²) in [5, 5.41) is 9.05. The van der Waals surface area contributed by atoms with Gasteiger partial charge in [-0.15, -0.1) is 0 Å². The highest BCUT2D eigenvalue weighted by Gasteiger charge is 2.08. The topological polar surface area (TPSA) is 76.7 Å². The molecule has 1 N–H and O–H groups in total. The van der Waals surface area contributed by atoms with Gasteiger partial charge in [0.2, 0.25) is 0 Å². The number of hydrogen-bond acceptors (Lipinski definition) is 4. The van der Waals surface area contributed by atoms with E-state index in [9.17, 15) is 9.59 Å². The zero-order valence-electron chi connectivity index (χ0n) is 10.5. The summed E-state index contributed by atoms with van der Waals surface area (Å²) in [6.45, 7) is 2.38. The van der Waals surface area contributed by atoms with E-state index in [4.69, 9.17) is 14.3 Å². The Bertz CT molecular complexity index is 656. The molecule has 1 aromatic heterocycles. The number of carboxylic acid groups (broad SMARTS) is 1. The summed E-state index contributed by atoms with van der Waals surface area (Å²) in [6, 6.07) is 6.34. The molecule has 2 rings (SSSR count). The average molecular weight is 262 g/mol. The van der Waals surface area contributed by atoms with Gasteiger partial charge in [-0.25, -0.2) is 0 Å². The molecule has 5 nitrogen and oxygen atoms in total. The van der Waals surface area contributed by atoms with Gasteiger partial charge in [0, 0.05) is 12.5 Å². The number of aryl methyl sites for hydroxylation is 1. The van der Waals surface area contributed by atoms with E-state index in [2.05, 4.69) is 0 Å². The first-order chi connectivity index (χ1) is 9.10. The second-order valence-corrected chi connectivity index (χ2v) is 4.06. The average Bonchev–Trinajstić information content (AvgIpc) is 2.37. The van der Waals surface area contributed by atoms with E-state index >= 15 is 0 Å². The maximum absolute atomic E-state index is 11.9. The largest absolute Gasteiger partial charge is 0.494 e. The van der Waals surface area contributed by atoms with Gasteiger partial charge in [0.05, 0.1) is 18.4 Å².